The summed E-state index contributed by atoms with van der Waals surface area (Å²) >= 11 is 0. The first-order valence-electron chi connectivity index (χ1n) is 10.6. The lowest BCUT2D eigenvalue weighted by Gasteiger charge is -2.27. The van der Waals surface area contributed by atoms with Gasteiger partial charge in [-0.3, -0.25) is 4.79 Å². The lowest BCUT2D eigenvalue weighted by Crippen LogP contribution is -2.43. The monoisotopic (exact) mass is 394 g/mol. The van der Waals surface area contributed by atoms with Crippen LogP contribution in [0.3, 0.4) is 0 Å². The Bertz CT molecular complexity index is 519. The molecule has 0 saturated heterocycles. The third-order valence-electron chi connectivity index (χ3n) is 5.61. The highest BCUT2D eigenvalue weighted by Gasteiger charge is 2.39. The van der Waals surface area contributed by atoms with E-state index in [1.165, 1.54) is 47.0 Å². The van der Waals surface area contributed by atoms with Gasteiger partial charge >= 0.3 is 5.97 Å². The van der Waals surface area contributed by atoms with Crippen molar-refractivity contribution >= 4 is 11.8 Å². The van der Waals surface area contributed by atoms with Crippen molar-refractivity contribution in [3.63, 3.8) is 0 Å². The molecule has 5 nitrogen and oxygen atoms in total. The van der Waals surface area contributed by atoms with E-state index < -0.39 is 11.8 Å². The Kier molecular flexibility index (Phi) is 12.0. The molecule has 2 atom stereocenters. The molecule has 0 spiro atoms. The molecule has 0 aliphatic heterocycles. The number of carbonyl (C=O) groups is 2. The van der Waals surface area contributed by atoms with Gasteiger partial charge in [0.05, 0.1) is 7.11 Å². The van der Waals surface area contributed by atoms with Gasteiger partial charge < -0.3 is 14.2 Å². The van der Waals surface area contributed by atoms with Gasteiger partial charge in [-0.2, -0.15) is 0 Å². The number of Topliss-reactive ketones (excluding diaryl/α,β-unsaturated/α-hetero) is 1. The number of ketones is 1. The van der Waals surface area contributed by atoms with Crippen LogP contribution in [0.15, 0.2) is 24.3 Å². The molecule has 160 valence electrons. The molecule has 0 bridgehead atoms. The zero-order valence-corrected chi connectivity index (χ0v) is 18.1. The number of hydrogen-bond donors (Lipinski definition) is 0. The van der Waals surface area contributed by atoms with E-state index in [9.17, 15) is 9.59 Å². The van der Waals surface area contributed by atoms with Gasteiger partial charge in [0.1, 0.15) is 5.78 Å². The maximum atomic E-state index is 12.2. The fourth-order valence-corrected chi connectivity index (χ4v) is 3.78. The van der Waals surface area contributed by atoms with Crippen molar-refractivity contribution in [1.29, 1.82) is 0 Å². The molecular weight excluding hydrogens is 356 g/mol. The van der Waals surface area contributed by atoms with Crippen LogP contribution in [0.1, 0.15) is 71.1 Å². The van der Waals surface area contributed by atoms with E-state index in [2.05, 4.69) is 19.1 Å². The molecule has 0 unspecified atom stereocenters. The Hall–Kier alpha value is -1.46. The van der Waals surface area contributed by atoms with Crippen molar-refractivity contribution in [3.8, 4) is 0 Å². The fourth-order valence-electron chi connectivity index (χ4n) is 3.78. The number of esters is 1. The molecule has 0 radical (unpaired) electrons. The van der Waals surface area contributed by atoms with Gasteiger partial charge in [0.25, 0.3) is 5.79 Å². The molecule has 1 saturated carbocycles. The summed E-state index contributed by atoms with van der Waals surface area (Å²) < 4.78 is 15.2. The third kappa shape index (κ3) is 7.51. The molecule has 1 fully saturated rings. The van der Waals surface area contributed by atoms with Crippen LogP contribution in [0.25, 0.3) is 0 Å². The Morgan fingerprint density at radius 1 is 1.07 bits per heavy atom. The average molecular weight is 395 g/mol. The predicted octanol–water partition coefficient (Wildman–Crippen LogP) is 5.00. The van der Waals surface area contributed by atoms with Gasteiger partial charge in [0.15, 0.2) is 0 Å². The zero-order valence-electron chi connectivity index (χ0n) is 18.1. The maximum Gasteiger partial charge on any atom is 0.366 e. The van der Waals surface area contributed by atoms with Gasteiger partial charge in [0, 0.05) is 33.0 Å². The molecule has 0 aromatic heterocycles. The lowest BCUT2D eigenvalue weighted by atomic mass is 9.91. The normalized spacial score (nSPS) is 20.5. The van der Waals surface area contributed by atoms with E-state index in [-0.39, 0.29) is 5.92 Å². The molecule has 5 heteroatoms. The first-order chi connectivity index (χ1) is 13.5. The van der Waals surface area contributed by atoms with Gasteiger partial charge in [-0.25, -0.2) is 4.79 Å². The van der Waals surface area contributed by atoms with Crippen LogP contribution in [0.4, 0.5) is 0 Å². The zero-order chi connectivity index (χ0) is 20.8. The second-order valence-corrected chi connectivity index (χ2v) is 7.45. The molecule has 1 aliphatic rings. The number of ether oxygens (including phenoxy) is 3. The summed E-state index contributed by atoms with van der Waals surface area (Å²) in [7, 11) is 4.18. The van der Waals surface area contributed by atoms with E-state index in [1.807, 2.05) is 12.2 Å². The summed E-state index contributed by atoms with van der Waals surface area (Å²) in [6, 6.07) is 0. The van der Waals surface area contributed by atoms with Gasteiger partial charge in [-0.1, -0.05) is 50.5 Å². The van der Waals surface area contributed by atoms with Crippen LogP contribution in [0.5, 0.6) is 0 Å². The highest BCUT2D eigenvalue weighted by Crippen LogP contribution is 2.33. The van der Waals surface area contributed by atoms with Crippen LogP contribution >= 0.6 is 0 Å². The van der Waals surface area contributed by atoms with E-state index in [4.69, 9.17) is 14.2 Å². The van der Waals surface area contributed by atoms with Crippen LogP contribution in [-0.4, -0.2) is 38.9 Å². The number of methoxy groups -OCH3 is 3. The van der Waals surface area contributed by atoms with Crippen LogP contribution in [-0.2, 0) is 23.8 Å². The van der Waals surface area contributed by atoms with Crippen molar-refractivity contribution in [1.82, 2.24) is 0 Å². The Labute approximate surface area is 170 Å². The van der Waals surface area contributed by atoms with Crippen molar-refractivity contribution in [2.24, 2.45) is 11.8 Å². The topological polar surface area (TPSA) is 61.8 Å². The van der Waals surface area contributed by atoms with E-state index in [0.29, 0.717) is 31.0 Å². The smallest absolute Gasteiger partial charge is 0.366 e. The highest BCUT2D eigenvalue weighted by molar-refractivity contribution is 5.83. The molecule has 1 aliphatic carbocycles. The minimum atomic E-state index is -1.37. The van der Waals surface area contributed by atoms with E-state index in [1.54, 1.807) is 0 Å². The van der Waals surface area contributed by atoms with Crippen LogP contribution in [0, 0.1) is 11.8 Å². The van der Waals surface area contributed by atoms with Gasteiger partial charge in [-0.05, 0) is 38.0 Å². The lowest BCUT2D eigenvalue weighted by molar-refractivity contribution is -0.229. The number of unbranched alkanes of at least 4 members (excludes halogenated alkanes) is 4. The second kappa shape index (κ2) is 13.7. The Morgan fingerprint density at radius 2 is 1.82 bits per heavy atom. The van der Waals surface area contributed by atoms with E-state index in [0.717, 1.165) is 19.3 Å². The van der Waals surface area contributed by atoms with E-state index >= 15 is 0 Å². The van der Waals surface area contributed by atoms with Gasteiger partial charge in [0.2, 0.25) is 0 Å². The summed E-state index contributed by atoms with van der Waals surface area (Å²) in [6.45, 7) is 2.22. The van der Waals surface area contributed by atoms with Crippen molar-refractivity contribution < 1.29 is 23.8 Å². The average Bonchev–Trinajstić information content (AvgIpc) is 3.06. The van der Waals surface area contributed by atoms with Crippen LogP contribution in [0.2, 0.25) is 0 Å². The summed E-state index contributed by atoms with van der Waals surface area (Å²) in [4.78, 5) is 24.1. The third-order valence-corrected chi connectivity index (χ3v) is 5.61. The maximum absolute atomic E-state index is 12.2. The number of carbonyl (C=O) groups excluding carboxylic acids is 2. The molecule has 28 heavy (non-hydrogen) atoms. The molecule has 0 N–H and O–H groups in total. The number of allylic oxidation sites excluding steroid dienone is 4. The predicted molar refractivity (Wildman–Crippen MR) is 111 cm³/mol. The standard InChI is InChI=1S/C23H38O5/c1-5-6-7-8-9-11-14-19-16-17-21(24)20(19)15-12-10-13-18-23(27-3,28-4)22(25)26-2/h10-12,14,19-20H,5-9,13,15-18H2,1-4H3/t19-,20+/m0/s1. The quantitative estimate of drug-likeness (QED) is 0.180. The molecule has 0 heterocycles. The highest BCUT2D eigenvalue weighted by atomic mass is 16.7. The van der Waals surface area contributed by atoms with Crippen LogP contribution < -0.4 is 0 Å². The van der Waals surface area contributed by atoms with Crippen molar-refractivity contribution in [2.45, 2.75) is 76.9 Å². The van der Waals surface area contributed by atoms with Crippen molar-refractivity contribution in [2.75, 3.05) is 21.3 Å². The minimum Gasteiger partial charge on any atom is -0.465 e. The molecular formula is C23H38O5. The summed E-state index contributed by atoms with van der Waals surface area (Å²) in [5, 5.41) is 0. The first kappa shape index (κ1) is 24.6. The van der Waals surface area contributed by atoms with Crippen molar-refractivity contribution in [3.05, 3.63) is 24.3 Å². The molecule has 1 rings (SSSR count). The number of hydrogen-bond acceptors (Lipinski definition) is 5. The first-order valence-corrected chi connectivity index (χ1v) is 10.6. The largest absolute Gasteiger partial charge is 0.465 e. The summed E-state index contributed by atoms with van der Waals surface area (Å²) in [6.07, 6.45) is 18.1. The Morgan fingerprint density at radius 3 is 2.46 bits per heavy atom. The Balaban J connectivity index is 2.46. The summed E-state index contributed by atoms with van der Waals surface area (Å²) in [5.74, 6) is -1.11. The number of rotatable bonds is 14. The fraction of sp³-hybridized carbons (Fsp3) is 0.739. The molecule has 0 aromatic carbocycles. The molecule has 0 aromatic rings. The van der Waals surface area contributed by atoms with Gasteiger partial charge in [-0.15, -0.1) is 0 Å². The summed E-state index contributed by atoms with van der Waals surface area (Å²) in [5.41, 5.74) is 0. The SMILES string of the molecule is CCCCCCC=C[C@H]1CCC(=O)[C@@H]1CC=CCCC(OC)(OC)C(=O)OC. The minimum absolute atomic E-state index is 0.0818. The second-order valence-electron chi connectivity index (χ2n) is 7.45. The molecule has 0 amide bonds.